The Morgan fingerprint density at radius 1 is 1.39 bits per heavy atom. The van der Waals surface area contributed by atoms with Crippen molar-refractivity contribution in [3.05, 3.63) is 29.8 Å². The van der Waals surface area contributed by atoms with Crippen molar-refractivity contribution in [3.63, 3.8) is 0 Å². The highest BCUT2D eigenvalue weighted by Gasteiger charge is 2.20. The predicted molar refractivity (Wildman–Crippen MR) is 77.2 cm³/mol. The first kappa shape index (κ1) is 14.9. The van der Waals surface area contributed by atoms with E-state index in [1.54, 1.807) is 18.7 Å². The topological polar surface area (TPSA) is 61.4 Å². The lowest BCUT2D eigenvalue weighted by Crippen LogP contribution is -2.43. The van der Waals surface area contributed by atoms with Crippen LogP contribution >= 0.6 is 11.8 Å². The van der Waals surface area contributed by atoms with E-state index >= 15 is 0 Å². The van der Waals surface area contributed by atoms with Crippen molar-refractivity contribution < 1.29 is 9.90 Å². The second kappa shape index (κ2) is 6.66. The maximum absolute atomic E-state index is 11.6. The Labute approximate surface area is 112 Å². The van der Waals surface area contributed by atoms with Gasteiger partial charge in [-0.05, 0) is 32.2 Å². The number of amides is 2. The van der Waals surface area contributed by atoms with E-state index in [1.165, 1.54) is 0 Å². The van der Waals surface area contributed by atoms with Crippen molar-refractivity contribution in [1.29, 1.82) is 0 Å². The van der Waals surface area contributed by atoms with E-state index in [0.29, 0.717) is 5.75 Å². The standard InChI is InChI=1S/C13H20N2O2S/c1-10-4-6-11(7-5-10)15-12(16)14-8-13(2,17)9-18-3/h4-7,17H,8-9H2,1-3H3,(H2,14,15,16). The van der Waals surface area contributed by atoms with Gasteiger partial charge in [0.1, 0.15) is 0 Å². The molecule has 3 N–H and O–H groups in total. The van der Waals surface area contributed by atoms with Crippen molar-refractivity contribution >= 4 is 23.5 Å². The van der Waals surface area contributed by atoms with Gasteiger partial charge in [0.2, 0.25) is 0 Å². The van der Waals surface area contributed by atoms with Crippen LogP contribution in [0.25, 0.3) is 0 Å². The van der Waals surface area contributed by atoms with Gasteiger partial charge in [-0.3, -0.25) is 0 Å². The fourth-order valence-corrected chi connectivity index (χ4v) is 2.17. The molecule has 0 aliphatic heterocycles. The van der Waals surface area contributed by atoms with Gasteiger partial charge in [-0.15, -0.1) is 0 Å². The van der Waals surface area contributed by atoms with Crippen LogP contribution in [0.4, 0.5) is 10.5 Å². The number of aliphatic hydroxyl groups is 1. The highest BCUT2D eigenvalue weighted by atomic mass is 32.2. The van der Waals surface area contributed by atoms with Gasteiger partial charge in [-0.1, -0.05) is 17.7 Å². The third-order valence-electron chi connectivity index (χ3n) is 2.39. The zero-order valence-electron chi connectivity index (χ0n) is 11.0. The SMILES string of the molecule is CSCC(C)(O)CNC(=O)Nc1ccc(C)cc1. The molecule has 1 aromatic rings. The Hall–Kier alpha value is -1.20. The third-order valence-corrected chi connectivity index (χ3v) is 3.31. The van der Waals surface area contributed by atoms with Gasteiger partial charge in [0.25, 0.3) is 0 Å². The van der Waals surface area contributed by atoms with Crippen LogP contribution < -0.4 is 10.6 Å². The molecule has 2 amide bonds. The van der Waals surface area contributed by atoms with Crippen LogP contribution in [-0.4, -0.2) is 35.3 Å². The Kier molecular flexibility index (Phi) is 5.50. The summed E-state index contributed by atoms with van der Waals surface area (Å²) in [5, 5.41) is 15.3. The van der Waals surface area contributed by atoms with Crippen molar-refractivity contribution in [3.8, 4) is 0 Å². The zero-order chi connectivity index (χ0) is 13.6. The summed E-state index contributed by atoms with van der Waals surface area (Å²) in [6.07, 6.45) is 1.92. The molecule has 100 valence electrons. The molecule has 4 nitrogen and oxygen atoms in total. The highest BCUT2D eigenvalue weighted by Crippen LogP contribution is 2.10. The monoisotopic (exact) mass is 268 g/mol. The molecule has 0 radical (unpaired) electrons. The van der Waals surface area contributed by atoms with Gasteiger partial charge in [0.05, 0.1) is 5.60 Å². The van der Waals surface area contributed by atoms with E-state index in [9.17, 15) is 9.90 Å². The number of carbonyl (C=O) groups is 1. The van der Waals surface area contributed by atoms with Gasteiger partial charge >= 0.3 is 6.03 Å². The maximum Gasteiger partial charge on any atom is 0.319 e. The zero-order valence-corrected chi connectivity index (χ0v) is 11.8. The van der Waals surface area contributed by atoms with Crippen molar-refractivity contribution in [1.82, 2.24) is 5.32 Å². The molecule has 0 saturated carbocycles. The Balaban J connectivity index is 2.40. The molecule has 0 heterocycles. The Bertz CT molecular complexity index is 390. The Morgan fingerprint density at radius 3 is 2.56 bits per heavy atom. The van der Waals surface area contributed by atoms with Crippen molar-refractivity contribution in [2.75, 3.05) is 23.9 Å². The van der Waals surface area contributed by atoms with E-state index in [2.05, 4.69) is 10.6 Å². The molecule has 1 aromatic carbocycles. The first-order chi connectivity index (χ1) is 8.43. The summed E-state index contributed by atoms with van der Waals surface area (Å²) in [5.74, 6) is 0.581. The highest BCUT2D eigenvalue weighted by molar-refractivity contribution is 7.98. The minimum atomic E-state index is -0.885. The average Bonchev–Trinajstić information content (AvgIpc) is 2.30. The molecule has 1 atom stereocenters. The number of hydrogen-bond acceptors (Lipinski definition) is 3. The number of nitrogens with one attached hydrogen (secondary N) is 2. The van der Waals surface area contributed by atoms with E-state index in [-0.39, 0.29) is 12.6 Å². The smallest absolute Gasteiger partial charge is 0.319 e. The van der Waals surface area contributed by atoms with Crippen molar-refractivity contribution in [2.24, 2.45) is 0 Å². The fourth-order valence-electron chi connectivity index (χ4n) is 1.44. The van der Waals surface area contributed by atoms with Crippen molar-refractivity contribution in [2.45, 2.75) is 19.4 Å². The number of anilines is 1. The minimum Gasteiger partial charge on any atom is -0.387 e. The summed E-state index contributed by atoms with van der Waals surface area (Å²) in [4.78, 5) is 11.6. The summed E-state index contributed by atoms with van der Waals surface area (Å²) in [7, 11) is 0. The number of carbonyl (C=O) groups excluding carboxylic acids is 1. The summed E-state index contributed by atoms with van der Waals surface area (Å²) in [5.41, 5.74) is 0.996. The number of thioether (sulfide) groups is 1. The lowest BCUT2D eigenvalue weighted by atomic mass is 10.1. The van der Waals surface area contributed by atoms with E-state index in [0.717, 1.165) is 11.3 Å². The predicted octanol–water partition coefficient (Wildman–Crippen LogP) is 2.23. The number of rotatable bonds is 5. The molecule has 0 fully saturated rings. The van der Waals surface area contributed by atoms with Crippen LogP contribution in [0.1, 0.15) is 12.5 Å². The van der Waals surface area contributed by atoms with E-state index < -0.39 is 5.60 Å². The van der Waals surface area contributed by atoms with E-state index in [4.69, 9.17) is 0 Å². The molecule has 18 heavy (non-hydrogen) atoms. The Morgan fingerprint density at radius 2 is 2.00 bits per heavy atom. The summed E-state index contributed by atoms with van der Waals surface area (Å²) in [6, 6.07) is 7.24. The minimum absolute atomic E-state index is 0.228. The summed E-state index contributed by atoms with van der Waals surface area (Å²) in [6.45, 7) is 3.92. The molecule has 0 bridgehead atoms. The quantitative estimate of drug-likeness (QED) is 0.767. The second-order valence-corrected chi connectivity index (χ2v) is 5.47. The molecule has 0 saturated heterocycles. The van der Waals surface area contributed by atoms with Crippen LogP contribution in [0.5, 0.6) is 0 Å². The van der Waals surface area contributed by atoms with Crippen LogP contribution in [0.3, 0.4) is 0 Å². The first-order valence-corrected chi connectivity index (χ1v) is 7.15. The first-order valence-electron chi connectivity index (χ1n) is 5.76. The van der Waals surface area contributed by atoms with Crippen LogP contribution in [-0.2, 0) is 0 Å². The van der Waals surface area contributed by atoms with Gasteiger partial charge in [-0.25, -0.2) is 4.79 Å². The number of aryl methyl sites for hydroxylation is 1. The summed E-state index contributed by atoms with van der Waals surface area (Å²) >= 11 is 1.54. The molecule has 0 aromatic heterocycles. The third kappa shape index (κ3) is 5.42. The molecule has 1 unspecified atom stereocenters. The number of benzene rings is 1. The van der Waals surface area contributed by atoms with Crippen LogP contribution in [0.15, 0.2) is 24.3 Å². The largest absolute Gasteiger partial charge is 0.387 e. The maximum atomic E-state index is 11.6. The van der Waals surface area contributed by atoms with Gasteiger partial charge in [-0.2, -0.15) is 11.8 Å². The molecular weight excluding hydrogens is 248 g/mol. The average molecular weight is 268 g/mol. The van der Waals surface area contributed by atoms with Crippen LogP contribution in [0.2, 0.25) is 0 Å². The molecule has 0 aliphatic carbocycles. The number of hydrogen-bond donors (Lipinski definition) is 3. The van der Waals surface area contributed by atoms with E-state index in [1.807, 2.05) is 37.4 Å². The lowest BCUT2D eigenvalue weighted by molar-refractivity contribution is 0.0876. The van der Waals surface area contributed by atoms with Crippen LogP contribution in [0, 0.1) is 6.92 Å². The van der Waals surface area contributed by atoms with Gasteiger partial charge in [0.15, 0.2) is 0 Å². The number of urea groups is 1. The molecule has 0 spiro atoms. The van der Waals surface area contributed by atoms with Gasteiger partial charge in [0, 0.05) is 18.0 Å². The van der Waals surface area contributed by atoms with Gasteiger partial charge < -0.3 is 15.7 Å². The summed E-state index contributed by atoms with van der Waals surface area (Å²) < 4.78 is 0. The molecule has 0 aliphatic rings. The second-order valence-electron chi connectivity index (χ2n) is 4.60. The lowest BCUT2D eigenvalue weighted by Gasteiger charge is -2.22. The normalized spacial score (nSPS) is 13.8. The molecule has 5 heteroatoms. The molecule has 1 rings (SSSR count). The fraction of sp³-hybridized carbons (Fsp3) is 0.462. The molecular formula is C13H20N2O2S.